The van der Waals surface area contributed by atoms with Crippen LogP contribution in [-0.4, -0.2) is 61.6 Å². The SMILES string of the molecule is COCC(N)C(=O)N1CCN(Cc2ccsc2)CC1. The molecule has 1 unspecified atom stereocenters. The highest BCUT2D eigenvalue weighted by atomic mass is 32.1. The molecule has 1 aliphatic rings. The lowest BCUT2D eigenvalue weighted by atomic mass is 10.2. The van der Waals surface area contributed by atoms with Crippen LogP contribution in [0.2, 0.25) is 0 Å². The summed E-state index contributed by atoms with van der Waals surface area (Å²) in [5.74, 6) is -0.00275. The van der Waals surface area contributed by atoms with Crippen molar-refractivity contribution in [3.63, 3.8) is 0 Å². The van der Waals surface area contributed by atoms with E-state index in [9.17, 15) is 4.79 Å². The van der Waals surface area contributed by atoms with Crippen molar-refractivity contribution < 1.29 is 9.53 Å². The number of thiophene rings is 1. The van der Waals surface area contributed by atoms with Crippen molar-refractivity contribution in [3.05, 3.63) is 22.4 Å². The molecule has 2 rings (SSSR count). The lowest BCUT2D eigenvalue weighted by Gasteiger charge is -2.35. The van der Waals surface area contributed by atoms with E-state index in [0.29, 0.717) is 0 Å². The number of carbonyl (C=O) groups is 1. The Labute approximate surface area is 117 Å². The third kappa shape index (κ3) is 4.01. The van der Waals surface area contributed by atoms with Gasteiger partial charge in [0, 0.05) is 39.8 Å². The predicted octanol–water partition coefficient (Wildman–Crippen LogP) is 0.366. The molecule has 0 spiro atoms. The summed E-state index contributed by atoms with van der Waals surface area (Å²) in [6.45, 7) is 4.56. The van der Waals surface area contributed by atoms with Crippen molar-refractivity contribution >= 4 is 17.2 Å². The summed E-state index contributed by atoms with van der Waals surface area (Å²) in [5.41, 5.74) is 7.12. The molecule has 1 saturated heterocycles. The smallest absolute Gasteiger partial charge is 0.241 e. The van der Waals surface area contributed by atoms with Crippen LogP contribution < -0.4 is 5.73 Å². The van der Waals surface area contributed by atoms with Crippen LogP contribution in [0.1, 0.15) is 5.56 Å². The van der Waals surface area contributed by atoms with Gasteiger partial charge in [0.1, 0.15) is 6.04 Å². The summed E-state index contributed by atoms with van der Waals surface area (Å²) in [5, 5.41) is 4.27. The molecule has 0 aliphatic carbocycles. The van der Waals surface area contributed by atoms with Gasteiger partial charge in [0.05, 0.1) is 6.61 Å². The Morgan fingerprint density at radius 3 is 2.79 bits per heavy atom. The van der Waals surface area contributed by atoms with E-state index in [1.165, 1.54) is 5.56 Å². The van der Waals surface area contributed by atoms with E-state index in [4.69, 9.17) is 10.5 Å². The minimum Gasteiger partial charge on any atom is -0.383 e. The fourth-order valence-corrected chi connectivity index (χ4v) is 2.91. The fourth-order valence-electron chi connectivity index (χ4n) is 2.25. The van der Waals surface area contributed by atoms with Gasteiger partial charge in [-0.15, -0.1) is 0 Å². The van der Waals surface area contributed by atoms with E-state index in [0.717, 1.165) is 32.7 Å². The van der Waals surface area contributed by atoms with E-state index < -0.39 is 6.04 Å². The molecule has 2 heterocycles. The summed E-state index contributed by atoms with van der Waals surface area (Å²) in [4.78, 5) is 16.2. The van der Waals surface area contributed by atoms with Gasteiger partial charge < -0.3 is 15.4 Å². The maximum atomic E-state index is 12.0. The van der Waals surface area contributed by atoms with Crippen LogP contribution in [0.3, 0.4) is 0 Å². The molecule has 1 fully saturated rings. The number of hydrogen-bond acceptors (Lipinski definition) is 5. The number of ether oxygens (including phenoxy) is 1. The largest absolute Gasteiger partial charge is 0.383 e. The minimum absolute atomic E-state index is 0.00275. The summed E-state index contributed by atoms with van der Waals surface area (Å²) < 4.78 is 4.93. The third-order valence-corrected chi connectivity index (χ3v) is 4.07. The van der Waals surface area contributed by atoms with Crippen molar-refractivity contribution in [1.29, 1.82) is 0 Å². The summed E-state index contributed by atoms with van der Waals surface area (Å²) >= 11 is 1.72. The number of rotatable bonds is 5. The molecular formula is C13H21N3O2S. The second-order valence-corrected chi connectivity index (χ2v) is 5.57. The average molecular weight is 283 g/mol. The first-order valence-electron chi connectivity index (χ1n) is 6.47. The Balaban J connectivity index is 1.77. The Bertz CT molecular complexity index is 389. The van der Waals surface area contributed by atoms with Gasteiger partial charge in [-0.05, 0) is 22.4 Å². The number of methoxy groups -OCH3 is 1. The first-order valence-corrected chi connectivity index (χ1v) is 7.41. The molecule has 0 bridgehead atoms. The van der Waals surface area contributed by atoms with Crippen LogP contribution in [0.25, 0.3) is 0 Å². The lowest BCUT2D eigenvalue weighted by Crippen LogP contribution is -2.53. The molecule has 2 N–H and O–H groups in total. The molecule has 1 aromatic rings. The number of piperazine rings is 1. The molecule has 1 amide bonds. The van der Waals surface area contributed by atoms with Crippen LogP contribution in [0.15, 0.2) is 16.8 Å². The fraction of sp³-hybridized carbons (Fsp3) is 0.615. The number of nitrogens with two attached hydrogens (primary N) is 1. The molecule has 1 aromatic heterocycles. The van der Waals surface area contributed by atoms with Crippen LogP contribution in [0, 0.1) is 0 Å². The quantitative estimate of drug-likeness (QED) is 0.848. The number of hydrogen-bond donors (Lipinski definition) is 1. The predicted molar refractivity (Wildman–Crippen MR) is 76.0 cm³/mol. The van der Waals surface area contributed by atoms with E-state index in [-0.39, 0.29) is 12.5 Å². The summed E-state index contributed by atoms with van der Waals surface area (Å²) in [6, 6.07) is 1.62. The average Bonchev–Trinajstić information content (AvgIpc) is 2.92. The Morgan fingerprint density at radius 1 is 1.47 bits per heavy atom. The molecule has 1 aliphatic heterocycles. The maximum Gasteiger partial charge on any atom is 0.241 e. The van der Waals surface area contributed by atoms with E-state index in [2.05, 4.69) is 21.7 Å². The van der Waals surface area contributed by atoms with Gasteiger partial charge >= 0.3 is 0 Å². The van der Waals surface area contributed by atoms with Crippen molar-refractivity contribution in [2.75, 3.05) is 39.9 Å². The van der Waals surface area contributed by atoms with Crippen molar-refractivity contribution in [1.82, 2.24) is 9.80 Å². The third-order valence-electron chi connectivity index (χ3n) is 3.33. The zero-order chi connectivity index (χ0) is 13.7. The molecule has 19 heavy (non-hydrogen) atoms. The minimum atomic E-state index is -0.534. The van der Waals surface area contributed by atoms with Gasteiger partial charge in [-0.2, -0.15) is 11.3 Å². The van der Waals surface area contributed by atoms with Crippen LogP contribution in [0.5, 0.6) is 0 Å². The topological polar surface area (TPSA) is 58.8 Å². The standard InChI is InChI=1S/C13H21N3O2S/c1-18-9-12(14)13(17)16-5-3-15(4-6-16)8-11-2-7-19-10-11/h2,7,10,12H,3-6,8-9,14H2,1H3. The van der Waals surface area contributed by atoms with Gasteiger partial charge in [0.25, 0.3) is 0 Å². The van der Waals surface area contributed by atoms with E-state index >= 15 is 0 Å². The van der Waals surface area contributed by atoms with Gasteiger partial charge in [-0.25, -0.2) is 0 Å². The second-order valence-electron chi connectivity index (χ2n) is 4.79. The lowest BCUT2D eigenvalue weighted by molar-refractivity contribution is -0.135. The zero-order valence-corrected chi connectivity index (χ0v) is 12.1. The van der Waals surface area contributed by atoms with Crippen LogP contribution in [0.4, 0.5) is 0 Å². The number of carbonyl (C=O) groups excluding carboxylic acids is 1. The molecule has 6 heteroatoms. The Kier molecular flexibility index (Phi) is 5.33. The highest BCUT2D eigenvalue weighted by Crippen LogP contribution is 2.12. The summed E-state index contributed by atoms with van der Waals surface area (Å²) in [7, 11) is 1.56. The summed E-state index contributed by atoms with van der Waals surface area (Å²) in [6.07, 6.45) is 0. The van der Waals surface area contributed by atoms with Crippen molar-refractivity contribution in [3.8, 4) is 0 Å². The molecular weight excluding hydrogens is 262 g/mol. The Hall–Kier alpha value is -0.950. The maximum absolute atomic E-state index is 12.0. The molecule has 5 nitrogen and oxygen atoms in total. The monoisotopic (exact) mass is 283 g/mol. The molecule has 0 saturated carbocycles. The molecule has 0 aromatic carbocycles. The number of nitrogens with zero attached hydrogens (tertiary/aromatic N) is 2. The van der Waals surface area contributed by atoms with E-state index in [1.54, 1.807) is 18.4 Å². The van der Waals surface area contributed by atoms with Gasteiger partial charge in [-0.1, -0.05) is 0 Å². The van der Waals surface area contributed by atoms with Crippen molar-refractivity contribution in [2.45, 2.75) is 12.6 Å². The van der Waals surface area contributed by atoms with Gasteiger partial charge in [0.15, 0.2) is 0 Å². The molecule has 106 valence electrons. The first-order chi connectivity index (χ1) is 9.20. The molecule has 0 radical (unpaired) electrons. The van der Waals surface area contributed by atoms with Crippen LogP contribution in [-0.2, 0) is 16.1 Å². The Morgan fingerprint density at radius 2 is 2.21 bits per heavy atom. The second kappa shape index (κ2) is 7.00. The highest BCUT2D eigenvalue weighted by Gasteiger charge is 2.25. The van der Waals surface area contributed by atoms with Gasteiger partial charge in [0.2, 0.25) is 5.91 Å². The molecule has 1 atom stereocenters. The van der Waals surface area contributed by atoms with Crippen LogP contribution >= 0.6 is 11.3 Å². The van der Waals surface area contributed by atoms with Gasteiger partial charge in [-0.3, -0.25) is 9.69 Å². The highest BCUT2D eigenvalue weighted by molar-refractivity contribution is 7.07. The zero-order valence-electron chi connectivity index (χ0n) is 11.2. The first kappa shape index (κ1) is 14.5. The normalized spacial score (nSPS) is 18.5. The van der Waals surface area contributed by atoms with Crippen molar-refractivity contribution in [2.24, 2.45) is 5.73 Å². The van der Waals surface area contributed by atoms with E-state index in [1.807, 2.05) is 4.90 Å². The number of amides is 1.